The number of amides is 1. The van der Waals surface area contributed by atoms with E-state index in [1.165, 1.54) is 11.6 Å². The highest BCUT2D eigenvalue weighted by Gasteiger charge is 2.12. The van der Waals surface area contributed by atoms with E-state index in [1.807, 2.05) is 30.3 Å². The predicted octanol–water partition coefficient (Wildman–Crippen LogP) is 7.00. The van der Waals surface area contributed by atoms with Gasteiger partial charge < -0.3 is 5.32 Å². The van der Waals surface area contributed by atoms with Gasteiger partial charge in [-0.25, -0.2) is 0 Å². The molecule has 0 radical (unpaired) electrons. The van der Waals surface area contributed by atoms with Gasteiger partial charge in [-0.05, 0) is 61.0 Å². The molecular formula is C23H16Cl2N2OS. The van der Waals surface area contributed by atoms with E-state index in [9.17, 15) is 10.1 Å². The monoisotopic (exact) mass is 438 g/mol. The Balaban J connectivity index is 1.72. The van der Waals surface area contributed by atoms with E-state index in [1.54, 1.807) is 30.0 Å². The Bertz CT molecular complexity index is 1100. The van der Waals surface area contributed by atoms with Gasteiger partial charge in [0.1, 0.15) is 11.6 Å². The zero-order chi connectivity index (χ0) is 20.8. The fraction of sp³-hybridized carbons (Fsp3) is 0.0435. The summed E-state index contributed by atoms with van der Waals surface area (Å²) in [5.74, 6) is -0.533. The molecule has 6 heteroatoms. The summed E-state index contributed by atoms with van der Waals surface area (Å²) in [6.45, 7) is 2.05. The molecule has 0 saturated carbocycles. The van der Waals surface area contributed by atoms with Gasteiger partial charge in [0.25, 0.3) is 5.91 Å². The summed E-state index contributed by atoms with van der Waals surface area (Å²) in [4.78, 5) is 14.6. The molecule has 144 valence electrons. The zero-order valence-corrected chi connectivity index (χ0v) is 17.8. The van der Waals surface area contributed by atoms with Crippen molar-refractivity contribution in [1.29, 1.82) is 5.26 Å². The third-order valence-electron chi connectivity index (χ3n) is 3.99. The number of anilines is 1. The third kappa shape index (κ3) is 5.88. The number of hydrogen-bond acceptors (Lipinski definition) is 3. The molecule has 1 N–H and O–H groups in total. The number of halogens is 2. The minimum absolute atomic E-state index is 0.0186. The molecule has 3 nitrogen and oxygen atoms in total. The Kier molecular flexibility index (Phi) is 7.00. The molecule has 0 aliphatic carbocycles. The van der Waals surface area contributed by atoms with Crippen LogP contribution in [0.4, 0.5) is 5.69 Å². The Morgan fingerprint density at radius 3 is 2.21 bits per heavy atom. The van der Waals surface area contributed by atoms with Crippen molar-refractivity contribution in [2.45, 2.75) is 16.7 Å². The summed E-state index contributed by atoms with van der Waals surface area (Å²) in [5.41, 5.74) is 2.35. The second-order valence-corrected chi connectivity index (χ2v) is 8.22. The highest BCUT2D eigenvalue weighted by atomic mass is 35.5. The Hall–Kier alpha value is -2.71. The number of carbonyl (C=O) groups is 1. The SMILES string of the molecule is Cc1ccc(Sc2ccc(/C=C(/C#N)C(=O)Nc3ccc(Cl)cc3Cl)cc2)cc1. The first-order valence-electron chi connectivity index (χ1n) is 8.67. The molecule has 0 fully saturated rings. The Morgan fingerprint density at radius 1 is 1.00 bits per heavy atom. The number of benzene rings is 3. The molecule has 1 amide bonds. The van der Waals surface area contributed by atoms with Crippen LogP contribution in [0.15, 0.2) is 82.1 Å². The van der Waals surface area contributed by atoms with E-state index < -0.39 is 5.91 Å². The number of aryl methyl sites for hydroxylation is 1. The van der Waals surface area contributed by atoms with Crippen molar-refractivity contribution in [2.75, 3.05) is 5.32 Å². The molecule has 0 spiro atoms. The normalized spacial score (nSPS) is 11.0. The van der Waals surface area contributed by atoms with E-state index in [0.717, 1.165) is 15.4 Å². The van der Waals surface area contributed by atoms with Crippen molar-refractivity contribution in [3.63, 3.8) is 0 Å². The van der Waals surface area contributed by atoms with Crippen molar-refractivity contribution in [2.24, 2.45) is 0 Å². The largest absolute Gasteiger partial charge is 0.320 e. The molecule has 0 heterocycles. The molecule has 0 saturated heterocycles. The summed E-state index contributed by atoms with van der Waals surface area (Å²) in [7, 11) is 0. The molecule has 0 aliphatic heterocycles. The average molecular weight is 439 g/mol. The van der Waals surface area contributed by atoms with Gasteiger partial charge in [-0.1, -0.05) is 64.8 Å². The predicted molar refractivity (Wildman–Crippen MR) is 120 cm³/mol. The van der Waals surface area contributed by atoms with E-state index >= 15 is 0 Å². The van der Waals surface area contributed by atoms with Gasteiger partial charge >= 0.3 is 0 Å². The van der Waals surface area contributed by atoms with Crippen LogP contribution in [0.1, 0.15) is 11.1 Å². The first-order chi connectivity index (χ1) is 13.9. The molecular weight excluding hydrogens is 423 g/mol. The zero-order valence-electron chi connectivity index (χ0n) is 15.4. The van der Waals surface area contributed by atoms with Gasteiger partial charge in [-0.3, -0.25) is 4.79 Å². The van der Waals surface area contributed by atoms with Gasteiger partial charge in [-0.2, -0.15) is 5.26 Å². The first-order valence-corrected chi connectivity index (χ1v) is 10.2. The number of rotatable bonds is 5. The second-order valence-electron chi connectivity index (χ2n) is 6.23. The molecule has 29 heavy (non-hydrogen) atoms. The summed E-state index contributed by atoms with van der Waals surface area (Å²) in [6, 6.07) is 22.6. The Labute approximate surface area is 184 Å². The van der Waals surface area contributed by atoms with Crippen LogP contribution in [0.3, 0.4) is 0 Å². The quantitative estimate of drug-likeness (QED) is 0.344. The first kappa shape index (κ1) is 21.0. The lowest BCUT2D eigenvalue weighted by molar-refractivity contribution is -0.112. The van der Waals surface area contributed by atoms with Gasteiger partial charge in [0, 0.05) is 14.8 Å². The maximum Gasteiger partial charge on any atom is 0.266 e. The van der Waals surface area contributed by atoms with Gasteiger partial charge in [0.05, 0.1) is 10.7 Å². The number of nitrogens with one attached hydrogen (secondary N) is 1. The molecule has 0 unspecified atom stereocenters. The van der Waals surface area contributed by atoms with Gasteiger partial charge in [-0.15, -0.1) is 0 Å². The van der Waals surface area contributed by atoms with E-state index in [-0.39, 0.29) is 5.57 Å². The highest BCUT2D eigenvalue weighted by molar-refractivity contribution is 7.99. The third-order valence-corrected chi connectivity index (χ3v) is 5.56. The molecule has 3 aromatic carbocycles. The fourth-order valence-corrected chi connectivity index (χ4v) is 3.74. The van der Waals surface area contributed by atoms with Crippen LogP contribution in [0.2, 0.25) is 10.0 Å². The lowest BCUT2D eigenvalue weighted by Crippen LogP contribution is -2.13. The van der Waals surface area contributed by atoms with Crippen molar-refractivity contribution < 1.29 is 4.79 Å². The second kappa shape index (κ2) is 9.67. The van der Waals surface area contributed by atoms with Gasteiger partial charge in [0.2, 0.25) is 0 Å². The molecule has 0 aromatic heterocycles. The lowest BCUT2D eigenvalue weighted by atomic mass is 10.1. The van der Waals surface area contributed by atoms with Crippen LogP contribution in [0.25, 0.3) is 6.08 Å². The number of hydrogen-bond donors (Lipinski definition) is 1. The topological polar surface area (TPSA) is 52.9 Å². The van der Waals surface area contributed by atoms with Crippen molar-refractivity contribution >= 4 is 52.6 Å². The van der Waals surface area contributed by atoms with Gasteiger partial charge in [0.15, 0.2) is 0 Å². The van der Waals surface area contributed by atoms with Crippen molar-refractivity contribution in [3.05, 3.63) is 93.5 Å². The minimum atomic E-state index is -0.533. The Morgan fingerprint density at radius 2 is 1.62 bits per heavy atom. The highest BCUT2D eigenvalue weighted by Crippen LogP contribution is 2.29. The maximum atomic E-state index is 12.4. The van der Waals surface area contributed by atoms with E-state index in [2.05, 4.69) is 36.5 Å². The van der Waals surface area contributed by atoms with Crippen LogP contribution >= 0.6 is 35.0 Å². The fourth-order valence-electron chi connectivity index (χ4n) is 2.47. The van der Waals surface area contributed by atoms with Crippen LogP contribution in [-0.4, -0.2) is 5.91 Å². The molecule has 0 atom stereocenters. The van der Waals surface area contributed by atoms with E-state index in [0.29, 0.717) is 15.7 Å². The maximum absolute atomic E-state index is 12.4. The summed E-state index contributed by atoms with van der Waals surface area (Å²) >= 11 is 13.6. The molecule has 0 aliphatic rings. The molecule has 0 bridgehead atoms. The summed E-state index contributed by atoms with van der Waals surface area (Å²) < 4.78 is 0. The summed E-state index contributed by atoms with van der Waals surface area (Å²) in [6.07, 6.45) is 1.54. The number of nitriles is 1. The minimum Gasteiger partial charge on any atom is -0.320 e. The number of carbonyl (C=O) groups excluding carboxylic acids is 1. The molecule has 3 rings (SSSR count). The lowest BCUT2D eigenvalue weighted by Gasteiger charge is -2.07. The smallest absolute Gasteiger partial charge is 0.266 e. The van der Waals surface area contributed by atoms with Crippen LogP contribution in [0, 0.1) is 18.3 Å². The number of nitrogens with zero attached hydrogens (tertiary/aromatic N) is 1. The van der Waals surface area contributed by atoms with Crippen LogP contribution in [-0.2, 0) is 4.79 Å². The van der Waals surface area contributed by atoms with E-state index in [4.69, 9.17) is 23.2 Å². The molecule has 3 aromatic rings. The summed E-state index contributed by atoms with van der Waals surface area (Å²) in [5, 5.41) is 12.8. The average Bonchev–Trinajstić information content (AvgIpc) is 2.71. The van der Waals surface area contributed by atoms with Crippen molar-refractivity contribution in [3.8, 4) is 6.07 Å². The van der Waals surface area contributed by atoms with Crippen LogP contribution < -0.4 is 5.32 Å². The van der Waals surface area contributed by atoms with Crippen molar-refractivity contribution in [1.82, 2.24) is 0 Å². The van der Waals surface area contributed by atoms with Crippen LogP contribution in [0.5, 0.6) is 0 Å². The standard InChI is InChI=1S/C23H16Cl2N2OS/c1-15-2-7-19(8-3-15)29-20-9-4-16(5-10-20)12-17(14-26)23(28)27-22-11-6-18(24)13-21(22)25/h2-13H,1H3,(H,27,28)/b17-12-.